The van der Waals surface area contributed by atoms with Crippen LogP contribution in [0.15, 0.2) is 84.1 Å². The van der Waals surface area contributed by atoms with Crippen LogP contribution in [0.25, 0.3) is 0 Å². The lowest BCUT2D eigenvalue weighted by atomic mass is 9.78. The van der Waals surface area contributed by atoms with Crippen molar-refractivity contribution >= 4 is 17.4 Å². The first-order chi connectivity index (χ1) is 18.7. The molecule has 0 aliphatic rings. The molecule has 1 heterocycles. The number of carbonyl (C=O) groups excluding carboxylic acids is 1. The highest BCUT2D eigenvalue weighted by Crippen LogP contribution is 2.39. The van der Waals surface area contributed by atoms with Gasteiger partial charge in [-0.3, -0.25) is 4.79 Å². The minimum absolute atomic E-state index is 0.0474. The van der Waals surface area contributed by atoms with E-state index in [0.29, 0.717) is 23.4 Å². The summed E-state index contributed by atoms with van der Waals surface area (Å²) < 4.78 is 3.77. The Morgan fingerprint density at radius 1 is 0.775 bits per heavy atom. The Labute approximate surface area is 235 Å². The number of phenols is 1. The standard InChI is InChI=1S/C33H37N3O4/c1-32(2,3)26-18-24(19-27(29(26)38)33(4,5)6)28(37)21-36-17-16-35(20-22-10-8-7-9-11-22)31(36)34-25-14-12-23(13-15-25)30(39)40/h7-19,38H,20-21H2,1-6H3,(H,39,40). The molecule has 4 aromatic rings. The quantitative estimate of drug-likeness (QED) is 0.264. The predicted molar refractivity (Wildman–Crippen MR) is 156 cm³/mol. The number of carboxylic acid groups (broad SMARTS) is 1. The van der Waals surface area contributed by atoms with Crippen LogP contribution in [0, 0.1) is 0 Å². The lowest BCUT2D eigenvalue weighted by Crippen LogP contribution is -2.29. The summed E-state index contributed by atoms with van der Waals surface area (Å²) >= 11 is 0. The first kappa shape index (κ1) is 28.6. The van der Waals surface area contributed by atoms with E-state index in [2.05, 4.69) is 0 Å². The maximum Gasteiger partial charge on any atom is 0.335 e. The fourth-order valence-corrected chi connectivity index (χ4v) is 4.59. The summed E-state index contributed by atoms with van der Waals surface area (Å²) in [6, 6.07) is 19.9. The predicted octanol–water partition coefficient (Wildman–Crippen LogP) is 6.45. The lowest BCUT2D eigenvalue weighted by Gasteiger charge is -2.28. The van der Waals surface area contributed by atoms with Crippen molar-refractivity contribution in [1.29, 1.82) is 0 Å². The summed E-state index contributed by atoms with van der Waals surface area (Å²) in [6.45, 7) is 12.7. The zero-order valence-electron chi connectivity index (χ0n) is 24.0. The van der Waals surface area contributed by atoms with Crippen LogP contribution in [0.4, 0.5) is 5.69 Å². The third-order valence-corrected chi connectivity index (χ3v) is 6.84. The highest BCUT2D eigenvalue weighted by molar-refractivity contribution is 5.96. The van der Waals surface area contributed by atoms with Gasteiger partial charge in [-0.2, -0.15) is 0 Å². The van der Waals surface area contributed by atoms with Gasteiger partial charge in [0.15, 0.2) is 5.78 Å². The number of rotatable bonds is 7. The lowest BCUT2D eigenvalue weighted by molar-refractivity contribution is 0.0696. The molecule has 0 saturated carbocycles. The van der Waals surface area contributed by atoms with Crippen molar-refractivity contribution in [2.45, 2.75) is 65.5 Å². The third kappa shape index (κ3) is 6.42. The normalized spacial score (nSPS) is 12.5. The van der Waals surface area contributed by atoms with E-state index in [0.717, 1.165) is 16.7 Å². The van der Waals surface area contributed by atoms with Gasteiger partial charge in [-0.1, -0.05) is 71.9 Å². The number of aromatic carboxylic acids is 1. The molecule has 40 heavy (non-hydrogen) atoms. The molecule has 7 heteroatoms. The van der Waals surface area contributed by atoms with Crippen LogP contribution in [0.1, 0.15) is 78.9 Å². The van der Waals surface area contributed by atoms with E-state index >= 15 is 0 Å². The van der Waals surface area contributed by atoms with E-state index in [1.165, 1.54) is 12.1 Å². The van der Waals surface area contributed by atoms with Crippen LogP contribution >= 0.6 is 0 Å². The number of carboxylic acids is 1. The van der Waals surface area contributed by atoms with Gasteiger partial charge in [0.25, 0.3) is 0 Å². The van der Waals surface area contributed by atoms with Crippen molar-refractivity contribution in [2.24, 2.45) is 4.99 Å². The van der Waals surface area contributed by atoms with Gasteiger partial charge in [0.2, 0.25) is 5.62 Å². The first-order valence-corrected chi connectivity index (χ1v) is 13.3. The number of hydrogen-bond donors (Lipinski definition) is 2. The molecule has 3 aromatic carbocycles. The molecule has 2 N–H and O–H groups in total. The van der Waals surface area contributed by atoms with Gasteiger partial charge < -0.3 is 19.3 Å². The van der Waals surface area contributed by atoms with Gasteiger partial charge in [-0.15, -0.1) is 0 Å². The Kier molecular flexibility index (Phi) is 7.87. The number of aromatic nitrogens is 2. The summed E-state index contributed by atoms with van der Waals surface area (Å²) in [4.78, 5) is 29.9. The van der Waals surface area contributed by atoms with Gasteiger partial charge in [0, 0.05) is 29.1 Å². The van der Waals surface area contributed by atoms with Crippen molar-refractivity contribution in [2.75, 3.05) is 0 Å². The van der Waals surface area contributed by atoms with Crippen LogP contribution in [-0.2, 0) is 23.9 Å². The summed E-state index contributed by atoms with van der Waals surface area (Å²) in [5, 5.41) is 20.3. The van der Waals surface area contributed by atoms with Crippen LogP contribution < -0.4 is 5.62 Å². The molecule has 0 fully saturated rings. The zero-order chi connectivity index (χ0) is 29.2. The van der Waals surface area contributed by atoms with Crippen molar-refractivity contribution in [3.63, 3.8) is 0 Å². The molecule has 1 aromatic heterocycles. The second-order valence-corrected chi connectivity index (χ2v) is 12.1. The number of aromatic hydroxyl groups is 1. The second-order valence-electron chi connectivity index (χ2n) is 12.1. The van der Waals surface area contributed by atoms with Crippen LogP contribution in [0.5, 0.6) is 5.75 Å². The Bertz CT molecular complexity index is 1560. The molecule has 0 amide bonds. The number of phenolic OH excluding ortho intramolecular Hbond substituents is 1. The monoisotopic (exact) mass is 539 g/mol. The highest BCUT2D eigenvalue weighted by Gasteiger charge is 2.28. The SMILES string of the molecule is CC(C)(C)c1cc(C(=O)Cn2ccn(Cc3ccccc3)c2=Nc2ccc(C(=O)O)cc2)cc(C(C)(C)C)c1O. The molecule has 7 nitrogen and oxygen atoms in total. The highest BCUT2D eigenvalue weighted by atomic mass is 16.4. The summed E-state index contributed by atoms with van der Waals surface area (Å²) in [5.74, 6) is -0.868. The van der Waals surface area contributed by atoms with Gasteiger partial charge >= 0.3 is 5.97 Å². The summed E-state index contributed by atoms with van der Waals surface area (Å²) in [5.41, 5.74) is 3.70. The smallest absolute Gasteiger partial charge is 0.335 e. The van der Waals surface area contributed by atoms with E-state index in [1.807, 2.05) is 88.8 Å². The molecule has 0 bridgehead atoms. The van der Waals surface area contributed by atoms with E-state index in [1.54, 1.807) is 28.8 Å². The molecule has 208 valence electrons. The summed E-state index contributed by atoms with van der Waals surface area (Å²) in [7, 11) is 0. The number of benzene rings is 3. The Balaban J connectivity index is 1.79. The molecular weight excluding hydrogens is 502 g/mol. The van der Waals surface area contributed by atoms with E-state index < -0.39 is 5.97 Å². The molecule has 0 radical (unpaired) electrons. The van der Waals surface area contributed by atoms with Crippen molar-refractivity contribution < 1.29 is 19.8 Å². The maximum atomic E-state index is 13.8. The molecule has 0 spiro atoms. The Morgan fingerprint density at radius 2 is 1.32 bits per heavy atom. The first-order valence-electron chi connectivity index (χ1n) is 13.3. The van der Waals surface area contributed by atoms with Gasteiger partial charge in [0.1, 0.15) is 5.75 Å². The largest absolute Gasteiger partial charge is 0.507 e. The number of hydrogen-bond acceptors (Lipinski definition) is 4. The molecule has 0 saturated heterocycles. The molecular formula is C33H37N3O4. The molecule has 0 aliphatic heterocycles. The molecule has 0 atom stereocenters. The molecule has 0 unspecified atom stereocenters. The van der Waals surface area contributed by atoms with Crippen molar-refractivity contribution in [3.8, 4) is 5.75 Å². The fourth-order valence-electron chi connectivity index (χ4n) is 4.59. The van der Waals surface area contributed by atoms with Crippen LogP contribution in [-0.4, -0.2) is 31.1 Å². The zero-order valence-corrected chi connectivity index (χ0v) is 24.0. The Hall–Kier alpha value is -4.39. The van der Waals surface area contributed by atoms with Crippen LogP contribution in [0.3, 0.4) is 0 Å². The minimum Gasteiger partial charge on any atom is -0.507 e. The number of ketones is 1. The van der Waals surface area contributed by atoms with Crippen molar-refractivity contribution in [1.82, 2.24) is 9.13 Å². The molecule has 0 aliphatic carbocycles. The molecule has 4 rings (SSSR count). The third-order valence-electron chi connectivity index (χ3n) is 6.84. The topological polar surface area (TPSA) is 96.8 Å². The van der Waals surface area contributed by atoms with E-state index in [4.69, 9.17) is 4.99 Å². The second kappa shape index (κ2) is 11.0. The number of nitrogens with zero attached hydrogens (tertiary/aromatic N) is 3. The number of carbonyl (C=O) groups is 2. The van der Waals surface area contributed by atoms with Crippen molar-refractivity contribution in [3.05, 3.63) is 113 Å². The van der Waals surface area contributed by atoms with Gasteiger partial charge in [-0.25, -0.2) is 9.79 Å². The maximum absolute atomic E-state index is 13.8. The van der Waals surface area contributed by atoms with E-state index in [-0.39, 0.29) is 34.5 Å². The van der Waals surface area contributed by atoms with Gasteiger partial charge in [0.05, 0.1) is 24.3 Å². The minimum atomic E-state index is -1.00. The average Bonchev–Trinajstić information content (AvgIpc) is 3.23. The Morgan fingerprint density at radius 3 is 1.85 bits per heavy atom. The summed E-state index contributed by atoms with van der Waals surface area (Å²) in [6.07, 6.45) is 3.73. The van der Waals surface area contributed by atoms with Crippen LogP contribution in [0.2, 0.25) is 0 Å². The number of Topliss-reactive ketones (excluding diaryl/α,β-unsaturated/α-hetero) is 1. The van der Waals surface area contributed by atoms with E-state index in [9.17, 15) is 19.8 Å². The number of imidazole rings is 1. The average molecular weight is 540 g/mol. The van der Waals surface area contributed by atoms with Gasteiger partial charge in [-0.05, 0) is 52.8 Å². The fraction of sp³-hybridized carbons (Fsp3) is 0.303.